The minimum atomic E-state index is -1.02. The van der Waals surface area contributed by atoms with Crippen LogP contribution >= 0.6 is 0 Å². The number of terminal acetylenes is 1. The van der Waals surface area contributed by atoms with Crippen LogP contribution in [-0.4, -0.2) is 23.5 Å². The smallest absolute Gasteiger partial charge is 0.335 e. The van der Waals surface area contributed by atoms with E-state index in [2.05, 4.69) is 11.2 Å². The van der Waals surface area contributed by atoms with Crippen molar-refractivity contribution in [3.05, 3.63) is 35.4 Å². The second-order valence-electron chi connectivity index (χ2n) is 3.80. The van der Waals surface area contributed by atoms with Gasteiger partial charge >= 0.3 is 5.97 Å². The molecule has 1 aromatic rings. The summed E-state index contributed by atoms with van der Waals surface area (Å²) in [4.78, 5) is 22.5. The zero-order chi connectivity index (χ0) is 13.4. The van der Waals surface area contributed by atoms with Crippen molar-refractivity contribution < 1.29 is 14.7 Å². The number of amides is 1. The summed E-state index contributed by atoms with van der Waals surface area (Å²) in [6.45, 7) is 0.512. The quantitative estimate of drug-likeness (QED) is 0.589. The minimum Gasteiger partial charge on any atom is -0.478 e. The number of aromatic carboxylic acids is 1. The summed E-state index contributed by atoms with van der Waals surface area (Å²) in [6.07, 6.45) is 6.50. The molecule has 1 amide bonds. The van der Waals surface area contributed by atoms with Gasteiger partial charge in [-0.1, -0.05) is 18.2 Å². The van der Waals surface area contributed by atoms with Gasteiger partial charge in [0, 0.05) is 13.0 Å². The average molecular weight is 245 g/mol. The highest BCUT2D eigenvalue weighted by Gasteiger charge is 2.11. The van der Waals surface area contributed by atoms with E-state index in [0.717, 1.165) is 6.42 Å². The summed E-state index contributed by atoms with van der Waals surface area (Å²) in [7, 11) is 0. The first-order chi connectivity index (χ1) is 8.65. The summed E-state index contributed by atoms with van der Waals surface area (Å²) in [5.41, 5.74) is 0.677. The monoisotopic (exact) mass is 245 g/mol. The Morgan fingerprint density at radius 3 is 2.72 bits per heavy atom. The van der Waals surface area contributed by atoms with E-state index in [1.165, 1.54) is 6.07 Å². The highest BCUT2D eigenvalue weighted by atomic mass is 16.4. The fourth-order valence-electron chi connectivity index (χ4n) is 1.54. The highest BCUT2D eigenvalue weighted by Crippen LogP contribution is 2.09. The number of rotatable bonds is 6. The number of carbonyl (C=O) groups is 2. The number of carboxylic acid groups (broad SMARTS) is 1. The molecule has 0 bridgehead atoms. The van der Waals surface area contributed by atoms with Gasteiger partial charge in [0.1, 0.15) is 0 Å². The van der Waals surface area contributed by atoms with E-state index in [0.29, 0.717) is 18.5 Å². The second kappa shape index (κ2) is 7.13. The van der Waals surface area contributed by atoms with E-state index in [4.69, 9.17) is 11.5 Å². The molecular weight excluding hydrogens is 230 g/mol. The van der Waals surface area contributed by atoms with Crippen molar-refractivity contribution in [2.45, 2.75) is 19.3 Å². The molecule has 0 radical (unpaired) electrons. The Balaban J connectivity index is 2.54. The lowest BCUT2D eigenvalue weighted by Gasteiger charge is -2.06. The van der Waals surface area contributed by atoms with Crippen LogP contribution in [0.3, 0.4) is 0 Å². The Morgan fingerprint density at radius 2 is 2.06 bits per heavy atom. The number of unbranched alkanes of at least 4 members (excludes halogenated alkanes) is 1. The molecule has 4 heteroatoms. The van der Waals surface area contributed by atoms with E-state index < -0.39 is 5.97 Å². The first-order valence-electron chi connectivity index (χ1n) is 5.66. The molecule has 0 aliphatic heterocycles. The maximum Gasteiger partial charge on any atom is 0.335 e. The molecule has 0 aromatic heterocycles. The zero-order valence-corrected chi connectivity index (χ0v) is 9.98. The molecule has 0 fully saturated rings. The summed E-state index contributed by atoms with van der Waals surface area (Å²) >= 11 is 0. The third-order valence-corrected chi connectivity index (χ3v) is 2.42. The largest absolute Gasteiger partial charge is 0.478 e. The molecule has 4 nitrogen and oxygen atoms in total. The summed E-state index contributed by atoms with van der Waals surface area (Å²) in [6, 6.07) is 6.49. The van der Waals surface area contributed by atoms with Gasteiger partial charge in [0.2, 0.25) is 5.91 Å². The number of carboxylic acids is 1. The van der Waals surface area contributed by atoms with Crippen LogP contribution in [0.25, 0.3) is 0 Å². The van der Waals surface area contributed by atoms with Crippen LogP contribution in [0.2, 0.25) is 0 Å². The third-order valence-electron chi connectivity index (χ3n) is 2.42. The lowest BCUT2D eigenvalue weighted by molar-refractivity contribution is -0.120. The summed E-state index contributed by atoms with van der Waals surface area (Å²) in [5, 5.41) is 11.7. The van der Waals surface area contributed by atoms with Gasteiger partial charge in [-0.3, -0.25) is 4.79 Å². The maximum atomic E-state index is 11.6. The number of carbonyl (C=O) groups excluding carboxylic acids is 1. The van der Waals surface area contributed by atoms with Gasteiger partial charge in [0.15, 0.2) is 0 Å². The second-order valence-corrected chi connectivity index (χ2v) is 3.80. The first kappa shape index (κ1) is 13.8. The van der Waals surface area contributed by atoms with E-state index >= 15 is 0 Å². The molecule has 0 heterocycles. The molecule has 0 saturated heterocycles. The SMILES string of the molecule is C#CCCCNC(=O)Cc1ccccc1C(=O)O. The van der Waals surface area contributed by atoms with Gasteiger partial charge in [-0.15, -0.1) is 12.3 Å². The average Bonchev–Trinajstić information content (AvgIpc) is 2.35. The number of hydrogen-bond acceptors (Lipinski definition) is 2. The Labute approximate surface area is 106 Å². The molecule has 1 rings (SSSR count). The highest BCUT2D eigenvalue weighted by molar-refractivity contribution is 5.91. The Bertz CT molecular complexity index is 474. The molecule has 0 aliphatic carbocycles. The number of benzene rings is 1. The van der Waals surface area contributed by atoms with Gasteiger partial charge in [-0.2, -0.15) is 0 Å². The number of nitrogens with one attached hydrogen (secondary N) is 1. The molecule has 94 valence electrons. The Hall–Kier alpha value is -2.28. The van der Waals surface area contributed by atoms with Crippen molar-refractivity contribution in [2.75, 3.05) is 6.54 Å². The van der Waals surface area contributed by atoms with Crippen LogP contribution in [0.5, 0.6) is 0 Å². The predicted molar refractivity (Wildman–Crippen MR) is 68.2 cm³/mol. The molecule has 0 saturated carbocycles. The maximum absolute atomic E-state index is 11.6. The van der Waals surface area contributed by atoms with Crippen LogP contribution in [0, 0.1) is 12.3 Å². The van der Waals surface area contributed by atoms with Gasteiger partial charge in [0.05, 0.1) is 12.0 Å². The van der Waals surface area contributed by atoms with E-state index in [1.54, 1.807) is 18.2 Å². The summed E-state index contributed by atoms with van der Waals surface area (Å²) < 4.78 is 0. The van der Waals surface area contributed by atoms with Gasteiger partial charge in [-0.25, -0.2) is 4.79 Å². The molecule has 0 atom stereocenters. The fourth-order valence-corrected chi connectivity index (χ4v) is 1.54. The third kappa shape index (κ3) is 4.30. The zero-order valence-electron chi connectivity index (χ0n) is 9.98. The standard InChI is InChI=1S/C14H15NO3/c1-2-3-6-9-15-13(16)10-11-7-4-5-8-12(11)14(17)18/h1,4-5,7-8H,3,6,9-10H2,(H,15,16)(H,17,18). The predicted octanol–water partition coefficient (Wildman–Crippen LogP) is 1.46. The normalized spacial score (nSPS) is 9.50. The first-order valence-corrected chi connectivity index (χ1v) is 5.66. The molecular formula is C14H15NO3. The van der Waals surface area contributed by atoms with Crippen LogP contribution < -0.4 is 5.32 Å². The van der Waals surface area contributed by atoms with Crippen molar-refractivity contribution in [2.24, 2.45) is 0 Å². The van der Waals surface area contributed by atoms with Crippen LogP contribution in [0.15, 0.2) is 24.3 Å². The molecule has 0 unspecified atom stereocenters. The van der Waals surface area contributed by atoms with Crippen molar-refractivity contribution >= 4 is 11.9 Å². The molecule has 18 heavy (non-hydrogen) atoms. The van der Waals surface area contributed by atoms with Crippen LogP contribution in [0.4, 0.5) is 0 Å². The molecule has 0 aliphatic rings. The number of hydrogen-bond donors (Lipinski definition) is 2. The van der Waals surface area contributed by atoms with E-state index in [9.17, 15) is 9.59 Å². The van der Waals surface area contributed by atoms with E-state index in [-0.39, 0.29) is 17.9 Å². The van der Waals surface area contributed by atoms with Crippen molar-refractivity contribution in [3.8, 4) is 12.3 Å². The van der Waals surface area contributed by atoms with Crippen LogP contribution in [0.1, 0.15) is 28.8 Å². The van der Waals surface area contributed by atoms with Gasteiger partial charge in [-0.05, 0) is 18.1 Å². The molecule has 0 spiro atoms. The van der Waals surface area contributed by atoms with Crippen molar-refractivity contribution in [1.29, 1.82) is 0 Å². The van der Waals surface area contributed by atoms with E-state index in [1.807, 2.05) is 0 Å². The van der Waals surface area contributed by atoms with Crippen LogP contribution in [-0.2, 0) is 11.2 Å². The lowest BCUT2D eigenvalue weighted by Crippen LogP contribution is -2.26. The fraction of sp³-hybridized carbons (Fsp3) is 0.286. The Morgan fingerprint density at radius 1 is 1.33 bits per heavy atom. The molecule has 1 aromatic carbocycles. The van der Waals surface area contributed by atoms with Crippen molar-refractivity contribution in [1.82, 2.24) is 5.32 Å². The lowest BCUT2D eigenvalue weighted by atomic mass is 10.0. The Kier molecular flexibility index (Phi) is 5.46. The van der Waals surface area contributed by atoms with Gasteiger partial charge in [0.25, 0.3) is 0 Å². The minimum absolute atomic E-state index is 0.0680. The van der Waals surface area contributed by atoms with Gasteiger partial charge < -0.3 is 10.4 Å². The topological polar surface area (TPSA) is 66.4 Å². The summed E-state index contributed by atoms with van der Waals surface area (Å²) in [5.74, 6) is 1.27. The van der Waals surface area contributed by atoms with Crippen molar-refractivity contribution in [3.63, 3.8) is 0 Å². The molecule has 2 N–H and O–H groups in total.